The van der Waals surface area contributed by atoms with Crippen LogP contribution in [-0.2, 0) is 9.53 Å². The van der Waals surface area contributed by atoms with Gasteiger partial charge in [0, 0.05) is 19.6 Å². The van der Waals surface area contributed by atoms with Gasteiger partial charge in [0.15, 0.2) is 0 Å². The molecule has 0 bridgehead atoms. The number of urea groups is 1. The van der Waals surface area contributed by atoms with Crippen LogP contribution in [0.3, 0.4) is 0 Å². The predicted molar refractivity (Wildman–Crippen MR) is 78.1 cm³/mol. The summed E-state index contributed by atoms with van der Waals surface area (Å²) in [6, 6.07) is -0.0302. The molecule has 1 aliphatic heterocycles. The van der Waals surface area contributed by atoms with E-state index in [1.54, 1.807) is 0 Å². The number of amides is 2. The van der Waals surface area contributed by atoms with Crippen molar-refractivity contribution >= 4 is 12.0 Å². The highest BCUT2D eigenvalue weighted by Gasteiger charge is 2.28. The fourth-order valence-corrected chi connectivity index (χ4v) is 3.30. The number of carboxylic acids is 1. The van der Waals surface area contributed by atoms with E-state index in [1.165, 1.54) is 0 Å². The van der Waals surface area contributed by atoms with E-state index in [0.717, 1.165) is 25.7 Å². The number of morpholine rings is 1. The van der Waals surface area contributed by atoms with Gasteiger partial charge in [-0.2, -0.15) is 0 Å². The average Bonchev–Trinajstić information content (AvgIpc) is 2.44. The summed E-state index contributed by atoms with van der Waals surface area (Å²) < 4.78 is 5.62. The van der Waals surface area contributed by atoms with Crippen molar-refractivity contribution in [1.82, 2.24) is 10.2 Å². The molecule has 0 aromatic carbocycles. The summed E-state index contributed by atoms with van der Waals surface area (Å²) in [6.45, 7) is 5.85. The molecule has 2 atom stereocenters. The van der Waals surface area contributed by atoms with E-state index in [2.05, 4.69) is 5.32 Å². The smallest absolute Gasteiger partial charge is 0.317 e. The zero-order valence-electron chi connectivity index (χ0n) is 12.9. The van der Waals surface area contributed by atoms with E-state index >= 15 is 0 Å². The van der Waals surface area contributed by atoms with Crippen LogP contribution in [0.2, 0.25) is 0 Å². The summed E-state index contributed by atoms with van der Waals surface area (Å²) in [5.74, 6) is -0.480. The fraction of sp³-hybridized carbons (Fsp3) is 0.867. The van der Waals surface area contributed by atoms with Crippen molar-refractivity contribution in [2.75, 3.05) is 19.6 Å². The molecular weight excluding hydrogens is 272 g/mol. The summed E-state index contributed by atoms with van der Waals surface area (Å²) in [5.41, 5.74) is 0. The number of nitrogens with zero attached hydrogens (tertiary/aromatic N) is 1. The number of ether oxygens (including phenoxy) is 1. The Bertz CT molecular complexity index is 370. The van der Waals surface area contributed by atoms with Crippen LogP contribution in [0.4, 0.5) is 4.79 Å². The summed E-state index contributed by atoms with van der Waals surface area (Å²) in [6.07, 6.45) is 3.36. The van der Waals surface area contributed by atoms with E-state index in [1.807, 2.05) is 18.7 Å². The largest absolute Gasteiger partial charge is 0.481 e. The highest BCUT2D eigenvalue weighted by atomic mass is 16.5. The van der Waals surface area contributed by atoms with Crippen molar-refractivity contribution < 1.29 is 19.4 Å². The molecule has 0 spiro atoms. The van der Waals surface area contributed by atoms with Gasteiger partial charge in [0.2, 0.25) is 0 Å². The number of nitrogens with one attached hydrogen (secondary N) is 1. The number of aliphatic carboxylic acids is 1. The van der Waals surface area contributed by atoms with Gasteiger partial charge in [-0.3, -0.25) is 4.79 Å². The first-order valence-corrected chi connectivity index (χ1v) is 7.86. The molecule has 1 aliphatic carbocycles. The average molecular weight is 298 g/mol. The van der Waals surface area contributed by atoms with Gasteiger partial charge < -0.3 is 20.1 Å². The Balaban J connectivity index is 1.71. The lowest BCUT2D eigenvalue weighted by molar-refractivity contribution is -0.143. The Morgan fingerprint density at radius 1 is 1.14 bits per heavy atom. The first-order valence-electron chi connectivity index (χ1n) is 7.86. The van der Waals surface area contributed by atoms with Crippen LogP contribution in [-0.4, -0.2) is 53.8 Å². The van der Waals surface area contributed by atoms with Gasteiger partial charge in [-0.05, 0) is 45.4 Å². The van der Waals surface area contributed by atoms with E-state index in [-0.39, 0.29) is 24.2 Å². The maximum Gasteiger partial charge on any atom is 0.317 e. The van der Waals surface area contributed by atoms with Crippen molar-refractivity contribution in [2.24, 2.45) is 11.8 Å². The van der Waals surface area contributed by atoms with Crippen molar-refractivity contribution in [3.05, 3.63) is 0 Å². The second-order valence-electron chi connectivity index (χ2n) is 6.40. The predicted octanol–water partition coefficient (Wildman–Crippen LogP) is 1.70. The van der Waals surface area contributed by atoms with Crippen LogP contribution in [0.1, 0.15) is 39.5 Å². The fourth-order valence-electron chi connectivity index (χ4n) is 3.30. The second-order valence-corrected chi connectivity index (χ2v) is 6.40. The molecule has 6 nitrogen and oxygen atoms in total. The standard InChI is InChI=1S/C15H26N2O4/c1-10-8-17(9-11(2)21-10)15(20)16-7-12-3-5-13(6-4-12)14(18)19/h10-13H,3-9H2,1-2H3,(H,16,20)(H,18,19)/t10-,11+,12?,13?. The van der Waals surface area contributed by atoms with Crippen LogP contribution in [0.25, 0.3) is 0 Å². The topological polar surface area (TPSA) is 78.9 Å². The molecular formula is C15H26N2O4. The number of rotatable bonds is 3. The second kappa shape index (κ2) is 7.11. The normalized spacial score (nSPS) is 33.5. The van der Waals surface area contributed by atoms with Crippen LogP contribution < -0.4 is 5.32 Å². The third-order valence-electron chi connectivity index (χ3n) is 4.44. The van der Waals surface area contributed by atoms with E-state index in [4.69, 9.17) is 9.84 Å². The molecule has 6 heteroatoms. The van der Waals surface area contributed by atoms with Gasteiger partial charge >= 0.3 is 12.0 Å². The van der Waals surface area contributed by atoms with E-state index in [9.17, 15) is 9.59 Å². The first kappa shape index (κ1) is 16.1. The zero-order valence-corrected chi connectivity index (χ0v) is 12.9. The molecule has 0 radical (unpaired) electrons. The lowest BCUT2D eigenvalue weighted by atomic mass is 9.82. The van der Waals surface area contributed by atoms with Gasteiger partial charge in [-0.1, -0.05) is 0 Å². The summed E-state index contributed by atoms with van der Waals surface area (Å²) in [4.78, 5) is 24.9. The quantitative estimate of drug-likeness (QED) is 0.831. The van der Waals surface area contributed by atoms with Gasteiger partial charge in [-0.25, -0.2) is 4.79 Å². The highest BCUT2D eigenvalue weighted by Crippen LogP contribution is 2.28. The van der Waals surface area contributed by atoms with Crippen molar-refractivity contribution in [2.45, 2.75) is 51.7 Å². The van der Waals surface area contributed by atoms with Crippen LogP contribution in [0.15, 0.2) is 0 Å². The Hall–Kier alpha value is -1.30. The molecule has 0 aromatic heterocycles. The van der Waals surface area contributed by atoms with Gasteiger partial charge in [0.05, 0.1) is 18.1 Å². The van der Waals surface area contributed by atoms with Crippen LogP contribution in [0.5, 0.6) is 0 Å². The summed E-state index contributed by atoms with van der Waals surface area (Å²) in [5, 5.41) is 12.0. The minimum Gasteiger partial charge on any atom is -0.481 e. The Morgan fingerprint density at radius 3 is 2.24 bits per heavy atom. The third-order valence-corrected chi connectivity index (χ3v) is 4.44. The van der Waals surface area contributed by atoms with Gasteiger partial charge in [-0.15, -0.1) is 0 Å². The number of carbonyl (C=O) groups is 2. The minimum atomic E-state index is -0.686. The molecule has 2 amide bonds. The summed E-state index contributed by atoms with van der Waals surface area (Å²) >= 11 is 0. The molecule has 2 fully saturated rings. The molecule has 1 saturated heterocycles. The maximum atomic E-state index is 12.2. The van der Waals surface area contributed by atoms with Crippen molar-refractivity contribution in [3.63, 3.8) is 0 Å². The lowest BCUT2D eigenvalue weighted by Gasteiger charge is -2.35. The molecule has 0 unspecified atom stereocenters. The maximum absolute atomic E-state index is 12.2. The Morgan fingerprint density at radius 2 is 1.71 bits per heavy atom. The first-order chi connectivity index (χ1) is 9.95. The molecule has 120 valence electrons. The number of carboxylic acid groups (broad SMARTS) is 1. The van der Waals surface area contributed by atoms with E-state index < -0.39 is 5.97 Å². The molecule has 1 heterocycles. The Kier molecular flexibility index (Phi) is 5.45. The Labute approximate surface area is 125 Å². The number of hydrogen-bond donors (Lipinski definition) is 2. The summed E-state index contributed by atoms with van der Waals surface area (Å²) in [7, 11) is 0. The van der Waals surface area contributed by atoms with Crippen LogP contribution >= 0.6 is 0 Å². The molecule has 2 N–H and O–H groups in total. The molecule has 2 rings (SSSR count). The molecule has 21 heavy (non-hydrogen) atoms. The third kappa shape index (κ3) is 4.59. The monoisotopic (exact) mass is 298 g/mol. The highest BCUT2D eigenvalue weighted by molar-refractivity contribution is 5.74. The molecule has 2 aliphatic rings. The van der Waals surface area contributed by atoms with Gasteiger partial charge in [0.25, 0.3) is 0 Å². The lowest BCUT2D eigenvalue weighted by Crippen LogP contribution is -2.52. The zero-order chi connectivity index (χ0) is 15.4. The van der Waals surface area contributed by atoms with Crippen molar-refractivity contribution in [3.8, 4) is 0 Å². The van der Waals surface area contributed by atoms with Crippen molar-refractivity contribution in [1.29, 1.82) is 0 Å². The van der Waals surface area contributed by atoms with Crippen LogP contribution in [0, 0.1) is 11.8 Å². The minimum absolute atomic E-state index is 0.0302. The molecule has 1 saturated carbocycles. The molecule has 0 aromatic rings. The number of carbonyl (C=O) groups excluding carboxylic acids is 1. The number of hydrogen-bond acceptors (Lipinski definition) is 3. The van der Waals surface area contributed by atoms with E-state index in [0.29, 0.717) is 25.6 Å². The van der Waals surface area contributed by atoms with Gasteiger partial charge in [0.1, 0.15) is 0 Å². The SMILES string of the molecule is C[C@@H]1CN(C(=O)NCC2CCC(C(=O)O)CC2)C[C@H](C)O1.